The molecular formula is C23H23N7OS. The minimum absolute atomic E-state index is 0.114. The van der Waals surface area contributed by atoms with Gasteiger partial charge in [0.1, 0.15) is 5.82 Å². The van der Waals surface area contributed by atoms with Crippen LogP contribution in [-0.4, -0.2) is 41.2 Å². The first-order valence-corrected chi connectivity index (χ1v) is 11.5. The minimum Gasteiger partial charge on any atom is -0.310 e. The Morgan fingerprint density at radius 1 is 1.16 bits per heavy atom. The second-order valence-corrected chi connectivity index (χ2v) is 8.85. The number of hydrogen-bond acceptors (Lipinski definition) is 6. The summed E-state index contributed by atoms with van der Waals surface area (Å²) >= 11 is 1.40. The molecule has 1 amide bonds. The van der Waals surface area contributed by atoms with Crippen molar-refractivity contribution in [3.05, 3.63) is 66.1 Å². The van der Waals surface area contributed by atoms with Crippen LogP contribution in [0.25, 0.3) is 17.1 Å². The standard InChI is InChI=1S/C23H23N7OS/c1-15-5-7-19(8-6-15)30-20(12-16(2)28-30)25-21(31)14-32-23-27-26-22(29(23)18-9-10-18)17-4-3-11-24-13-17/h3-8,11-13,18H,9-10,14H2,1-2H3,(H,25,31). The number of amides is 1. The molecule has 5 rings (SSSR count). The molecule has 0 bridgehead atoms. The Morgan fingerprint density at radius 2 is 1.97 bits per heavy atom. The fraction of sp³-hybridized carbons (Fsp3) is 0.261. The molecule has 1 fully saturated rings. The van der Waals surface area contributed by atoms with Gasteiger partial charge < -0.3 is 5.32 Å². The van der Waals surface area contributed by atoms with Crippen LogP contribution in [0, 0.1) is 13.8 Å². The predicted molar refractivity (Wildman–Crippen MR) is 124 cm³/mol. The van der Waals surface area contributed by atoms with Crippen LogP contribution in [0.3, 0.4) is 0 Å². The minimum atomic E-state index is -0.114. The van der Waals surface area contributed by atoms with Gasteiger partial charge in [-0.25, -0.2) is 4.68 Å². The number of aryl methyl sites for hydroxylation is 2. The van der Waals surface area contributed by atoms with Gasteiger partial charge in [-0.05, 0) is 51.0 Å². The van der Waals surface area contributed by atoms with Gasteiger partial charge in [-0.3, -0.25) is 14.3 Å². The third-order valence-corrected chi connectivity index (χ3v) is 6.15. The lowest BCUT2D eigenvalue weighted by Gasteiger charge is -2.10. The van der Waals surface area contributed by atoms with Gasteiger partial charge in [-0.1, -0.05) is 29.5 Å². The smallest absolute Gasteiger partial charge is 0.236 e. The van der Waals surface area contributed by atoms with E-state index < -0.39 is 0 Å². The molecule has 0 spiro atoms. The van der Waals surface area contributed by atoms with Gasteiger partial charge >= 0.3 is 0 Å². The summed E-state index contributed by atoms with van der Waals surface area (Å²) in [5, 5.41) is 17.0. The zero-order valence-electron chi connectivity index (χ0n) is 17.9. The van der Waals surface area contributed by atoms with Gasteiger partial charge in [0.15, 0.2) is 11.0 Å². The normalized spacial score (nSPS) is 13.3. The molecule has 1 aromatic carbocycles. The van der Waals surface area contributed by atoms with Crippen LogP contribution >= 0.6 is 11.8 Å². The van der Waals surface area contributed by atoms with Crippen molar-refractivity contribution >= 4 is 23.5 Å². The number of rotatable bonds is 7. The number of anilines is 1. The Bertz CT molecular complexity index is 1240. The van der Waals surface area contributed by atoms with E-state index in [0.29, 0.717) is 11.9 Å². The number of nitrogens with one attached hydrogen (secondary N) is 1. The predicted octanol–water partition coefficient (Wildman–Crippen LogP) is 4.21. The third kappa shape index (κ3) is 4.29. The Kier molecular flexibility index (Phi) is 5.48. The number of nitrogens with zero attached hydrogens (tertiary/aromatic N) is 6. The molecule has 1 aliphatic carbocycles. The summed E-state index contributed by atoms with van der Waals surface area (Å²) in [5.41, 5.74) is 3.84. The van der Waals surface area contributed by atoms with E-state index in [0.717, 1.165) is 40.8 Å². The molecule has 1 aliphatic rings. The Balaban J connectivity index is 1.31. The lowest BCUT2D eigenvalue weighted by Crippen LogP contribution is -2.17. The summed E-state index contributed by atoms with van der Waals surface area (Å²) in [6, 6.07) is 14.2. The van der Waals surface area contributed by atoms with Crippen LogP contribution in [0.1, 0.15) is 30.1 Å². The first-order valence-electron chi connectivity index (χ1n) is 10.5. The largest absolute Gasteiger partial charge is 0.310 e. The first-order chi connectivity index (χ1) is 15.6. The van der Waals surface area contributed by atoms with Crippen LogP contribution in [0.4, 0.5) is 5.82 Å². The zero-order chi connectivity index (χ0) is 22.1. The number of carbonyl (C=O) groups excluding carboxylic acids is 1. The highest BCUT2D eigenvalue weighted by atomic mass is 32.2. The van der Waals surface area contributed by atoms with E-state index in [9.17, 15) is 4.79 Å². The molecule has 9 heteroatoms. The SMILES string of the molecule is Cc1ccc(-n2nc(C)cc2NC(=O)CSc2nnc(-c3cccnc3)n2C2CC2)cc1. The molecular weight excluding hydrogens is 422 g/mol. The Morgan fingerprint density at radius 3 is 2.69 bits per heavy atom. The fourth-order valence-electron chi connectivity index (χ4n) is 3.51. The van der Waals surface area contributed by atoms with E-state index in [-0.39, 0.29) is 11.7 Å². The highest BCUT2D eigenvalue weighted by molar-refractivity contribution is 7.99. The topological polar surface area (TPSA) is 90.5 Å². The van der Waals surface area contributed by atoms with E-state index in [4.69, 9.17) is 0 Å². The molecule has 8 nitrogen and oxygen atoms in total. The molecule has 0 radical (unpaired) electrons. The van der Waals surface area contributed by atoms with Gasteiger partial charge in [0, 0.05) is 30.1 Å². The van der Waals surface area contributed by atoms with Crippen molar-refractivity contribution in [2.24, 2.45) is 0 Å². The van der Waals surface area contributed by atoms with Gasteiger partial charge in [0.2, 0.25) is 5.91 Å². The number of aromatic nitrogens is 6. The highest BCUT2D eigenvalue weighted by Crippen LogP contribution is 2.40. The molecule has 0 saturated heterocycles. The Hall–Kier alpha value is -3.46. The molecule has 1 N–H and O–H groups in total. The molecule has 162 valence electrons. The number of benzene rings is 1. The summed E-state index contributed by atoms with van der Waals surface area (Å²) in [7, 11) is 0. The van der Waals surface area contributed by atoms with Crippen LogP contribution in [0.2, 0.25) is 0 Å². The van der Waals surface area contributed by atoms with Gasteiger partial charge in [-0.15, -0.1) is 10.2 Å². The maximum atomic E-state index is 12.8. The van der Waals surface area contributed by atoms with Crippen molar-refractivity contribution in [3.8, 4) is 17.1 Å². The average molecular weight is 446 g/mol. The monoisotopic (exact) mass is 445 g/mol. The third-order valence-electron chi connectivity index (χ3n) is 5.21. The summed E-state index contributed by atoms with van der Waals surface area (Å²) in [5.74, 6) is 1.57. The summed E-state index contributed by atoms with van der Waals surface area (Å²) in [4.78, 5) is 17.0. The summed E-state index contributed by atoms with van der Waals surface area (Å²) in [6.07, 6.45) is 5.73. The highest BCUT2D eigenvalue weighted by Gasteiger charge is 2.30. The quantitative estimate of drug-likeness (QED) is 0.429. The van der Waals surface area contributed by atoms with Crippen molar-refractivity contribution in [2.45, 2.75) is 37.9 Å². The molecule has 3 aromatic heterocycles. The van der Waals surface area contributed by atoms with Crippen molar-refractivity contribution < 1.29 is 4.79 Å². The summed E-state index contributed by atoms with van der Waals surface area (Å²) in [6.45, 7) is 3.95. The fourth-order valence-corrected chi connectivity index (χ4v) is 4.32. The Labute approximate surface area is 190 Å². The maximum Gasteiger partial charge on any atom is 0.236 e. The second kappa shape index (κ2) is 8.58. The number of thioether (sulfide) groups is 1. The van der Waals surface area contributed by atoms with E-state index in [2.05, 4.69) is 30.2 Å². The molecule has 3 heterocycles. The van der Waals surface area contributed by atoms with Crippen LogP contribution in [-0.2, 0) is 4.79 Å². The van der Waals surface area contributed by atoms with E-state index >= 15 is 0 Å². The van der Waals surface area contributed by atoms with Crippen molar-refractivity contribution in [1.29, 1.82) is 0 Å². The zero-order valence-corrected chi connectivity index (χ0v) is 18.7. The average Bonchev–Trinajstić information content (AvgIpc) is 3.45. The van der Waals surface area contributed by atoms with E-state index in [1.165, 1.54) is 17.3 Å². The van der Waals surface area contributed by atoms with Gasteiger partial charge in [0.25, 0.3) is 0 Å². The van der Waals surface area contributed by atoms with Crippen molar-refractivity contribution in [3.63, 3.8) is 0 Å². The van der Waals surface area contributed by atoms with Gasteiger partial charge in [0.05, 0.1) is 17.1 Å². The van der Waals surface area contributed by atoms with Crippen LogP contribution in [0.5, 0.6) is 0 Å². The number of carbonyl (C=O) groups is 1. The molecule has 0 atom stereocenters. The molecule has 0 unspecified atom stereocenters. The van der Waals surface area contributed by atoms with Crippen molar-refractivity contribution in [2.75, 3.05) is 11.1 Å². The molecule has 4 aromatic rings. The van der Waals surface area contributed by atoms with Crippen molar-refractivity contribution in [1.82, 2.24) is 29.5 Å². The van der Waals surface area contributed by atoms with Crippen LogP contribution < -0.4 is 5.32 Å². The van der Waals surface area contributed by atoms with Gasteiger partial charge in [-0.2, -0.15) is 5.10 Å². The van der Waals surface area contributed by atoms with E-state index in [1.807, 2.05) is 56.3 Å². The first kappa shape index (κ1) is 20.4. The lowest BCUT2D eigenvalue weighted by molar-refractivity contribution is -0.113. The van der Waals surface area contributed by atoms with E-state index in [1.54, 1.807) is 17.1 Å². The second-order valence-electron chi connectivity index (χ2n) is 7.90. The lowest BCUT2D eigenvalue weighted by atomic mass is 10.2. The maximum absolute atomic E-state index is 12.8. The molecule has 1 saturated carbocycles. The van der Waals surface area contributed by atoms with Crippen LogP contribution in [0.15, 0.2) is 60.0 Å². The number of hydrogen-bond donors (Lipinski definition) is 1. The number of pyridine rings is 1. The molecule has 0 aliphatic heterocycles. The molecule has 32 heavy (non-hydrogen) atoms. The summed E-state index contributed by atoms with van der Waals surface area (Å²) < 4.78 is 3.89.